The van der Waals surface area contributed by atoms with Crippen LogP contribution in [0, 0.1) is 0 Å². The van der Waals surface area contributed by atoms with Gasteiger partial charge in [0.15, 0.2) is 0 Å². The smallest absolute Gasteiger partial charge is 0.0620 e. The maximum atomic E-state index is 2.49. The first kappa shape index (κ1) is 31.8. The van der Waals surface area contributed by atoms with Crippen molar-refractivity contribution in [1.82, 2.24) is 8.97 Å². The molecule has 0 aliphatic rings. The number of hydrogen-bond donors (Lipinski definition) is 0. The van der Waals surface area contributed by atoms with E-state index in [1.54, 1.807) is 0 Å². The first-order chi connectivity index (χ1) is 28.8. The van der Waals surface area contributed by atoms with Crippen LogP contribution < -0.4 is 4.90 Å². The van der Waals surface area contributed by atoms with E-state index in [1.807, 2.05) is 11.3 Å². The summed E-state index contributed by atoms with van der Waals surface area (Å²) >= 11 is 1.86. The molecule has 0 saturated heterocycles. The monoisotopic (exact) mass is 755 g/mol. The van der Waals surface area contributed by atoms with E-state index in [-0.39, 0.29) is 0 Å². The summed E-state index contributed by atoms with van der Waals surface area (Å²) in [7, 11) is 0. The van der Waals surface area contributed by atoms with E-state index in [4.69, 9.17) is 0 Å². The first-order valence-electron chi connectivity index (χ1n) is 19.8. The average molecular weight is 756 g/mol. The van der Waals surface area contributed by atoms with E-state index in [0.717, 1.165) is 22.7 Å². The Morgan fingerprint density at radius 1 is 0.345 bits per heavy atom. The average Bonchev–Trinajstić information content (AvgIpc) is 4.03. The predicted octanol–water partition coefficient (Wildman–Crippen LogP) is 15.4. The fraction of sp³-hybridized carbons (Fsp3) is 0. The van der Waals surface area contributed by atoms with E-state index in [0.29, 0.717) is 0 Å². The molecule has 0 aliphatic heterocycles. The van der Waals surface area contributed by atoms with Crippen LogP contribution in [0.1, 0.15) is 0 Å². The van der Waals surface area contributed by atoms with Crippen molar-refractivity contribution in [3.05, 3.63) is 200 Å². The summed E-state index contributed by atoms with van der Waals surface area (Å²) in [6.07, 6.45) is 0. The molecular formula is C54H33N3S. The van der Waals surface area contributed by atoms with Gasteiger partial charge in [-0.25, -0.2) is 0 Å². The second kappa shape index (κ2) is 12.1. The molecule has 58 heavy (non-hydrogen) atoms. The van der Waals surface area contributed by atoms with Crippen LogP contribution in [0.5, 0.6) is 0 Å². The van der Waals surface area contributed by atoms with Gasteiger partial charge in [0, 0.05) is 80.8 Å². The third-order valence-corrected chi connectivity index (χ3v) is 13.4. The van der Waals surface area contributed by atoms with Crippen molar-refractivity contribution >= 4 is 108 Å². The predicted molar refractivity (Wildman–Crippen MR) is 248 cm³/mol. The van der Waals surface area contributed by atoms with Crippen LogP contribution in [-0.4, -0.2) is 8.97 Å². The molecule has 9 aromatic carbocycles. The lowest BCUT2D eigenvalue weighted by molar-refractivity contribution is 1.17. The van der Waals surface area contributed by atoms with Crippen molar-refractivity contribution in [2.24, 2.45) is 0 Å². The summed E-state index contributed by atoms with van der Waals surface area (Å²) in [5.74, 6) is 0. The molecule has 0 spiro atoms. The summed E-state index contributed by atoms with van der Waals surface area (Å²) in [5.41, 5.74) is 13.1. The van der Waals surface area contributed by atoms with Crippen LogP contribution in [0.4, 0.5) is 17.1 Å². The minimum atomic E-state index is 1.10. The quantitative estimate of drug-likeness (QED) is 0.170. The zero-order chi connectivity index (χ0) is 37.9. The fourth-order valence-corrected chi connectivity index (χ4v) is 10.9. The van der Waals surface area contributed by atoms with Crippen LogP contribution in [0.3, 0.4) is 0 Å². The van der Waals surface area contributed by atoms with Crippen molar-refractivity contribution < 1.29 is 0 Å². The summed E-state index contributed by atoms with van der Waals surface area (Å²) < 4.78 is 7.50. The Morgan fingerprint density at radius 3 is 1.64 bits per heavy atom. The Labute approximate surface area is 337 Å². The number of nitrogens with zero attached hydrogens (tertiary/aromatic N) is 3. The number of thiophene rings is 1. The summed E-state index contributed by atoms with van der Waals surface area (Å²) in [4.78, 5) is 2.42. The largest absolute Gasteiger partial charge is 0.310 e. The Kier molecular flexibility index (Phi) is 6.60. The van der Waals surface area contributed by atoms with Crippen molar-refractivity contribution in [1.29, 1.82) is 0 Å². The van der Waals surface area contributed by atoms with Gasteiger partial charge in [0.05, 0.1) is 27.6 Å². The topological polar surface area (TPSA) is 12.6 Å². The van der Waals surface area contributed by atoms with Crippen molar-refractivity contribution in [3.63, 3.8) is 0 Å². The Bertz CT molecular complexity index is 3700. The SMILES string of the molecule is c1cc(N(c2ccc(-c3cccc4c5cccc6c7ccccc7n(c34)c65)cc2)c2ccc3sc4ccccc4c3c2)cc(-n2c3ccccc3c3ccccc32)c1. The van der Waals surface area contributed by atoms with E-state index in [2.05, 4.69) is 214 Å². The minimum Gasteiger partial charge on any atom is -0.310 e. The van der Waals surface area contributed by atoms with Gasteiger partial charge in [0.1, 0.15) is 0 Å². The molecule has 0 radical (unpaired) electrons. The number of benzene rings is 9. The van der Waals surface area contributed by atoms with Gasteiger partial charge in [0.25, 0.3) is 0 Å². The number of rotatable bonds is 5. The van der Waals surface area contributed by atoms with Gasteiger partial charge < -0.3 is 13.9 Å². The number of anilines is 3. The highest BCUT2D eigenvalue weighted by atomic mass is 32.1. The molecule has 4 heterocycles. The van der Waals surface area contributed by atoms with Crippen LogP contribution in [0.15, 0.2) is 200 Å². The lowest BCUT2D eigenvalue weighted by Gasteiger charge is -2.26. The molecule has 0 unspecified atom stereocenters. The molecule has 4 aromatic heterocycles. The van der Waals surface area contributed by atoms with Crippen LogP contribution in [0.2, 0.25) is 0 Å². The van der Waals surface area contributed by atoms with E-state index >= 15 is 0 Å². The molecule has 0 bridgehead atoms. The van der Waals surface area contributed by atoms with Crippen LogP contribution in [0.25, 0.3) is 96.9 Å². The van der Waals surface area contributed by atoms with E-state index < -0.39 is 0 Å². The molecule has 270 valence electrons. The lowest BCUT2D eigenvalue weighted by atomic mass is 10.0. The molecule has 4 heteroatoms. The Hall–Kier alpha value is -7.40. The highest BCUT2D eigenvalue weighted by Crippen LogP contribution is 2.45. The summed E-state index contributed by atoms with van der Waals surface area (Å²) in [6, 6.07) is 73.7. The third-order valence-electron chi connectivity index (χ3n) is 12.2. The zero-order valence-corrected chi connectivity index (χ0v) is 32.1. The van der Waals surface area contributed by atoms with Crippen molar-refractivity contribution in [2.75, 3.05) is 4.90 Å². The zero-order valence-electron chi connectivity index (χ0n) is 31.3. The maximum Gasteiger partial charge on any atom is 0.0620 e. The van der Waals surface area contributed by atoms with Gasteiger partial charge in [-0.1, -0.05) is 127 Å². The molecule has 0 amide bonds. The van der Waals surface area contributed by atoms with Gasteiger partial charge in [-0.15, -0.1) is 11.3 Å². The van der Waals surface area contributed by atoms with E-state index in [1.165, 1.54) is 91.2 Å². The normalized spacial score (nSPS) is 12.1. The molecule has 0 saturated carbocycles. The number of aromatic nitrogens is 2. The highest BCUT2D eigenvalue weighted by Gasteiger charge is 2.21. The molecule has 0 aliphatic carbocycles. The van der Waals surface area contributed by atoms with Crippen molar-refractivity contribution in [2.45, 2.75) is 0 Å². The minimum absolute atomic E-state index is 1.10. The molecule has 0 atom stereocenters. The summed E-state index contributed by atoms with van der Waals surface area (Å²) in [5, 5.41) is 10.3. The van der Waals surface area contributed by atoms with Gasteiger partial charge >= 0.3 is 0 Å². The molecule has 13 rings (SSSR count). The standard InChI is InChI=1S/C54H33N3S/c1-5-22-48-40(14-1)41-15-2-6-23-49(41)56(48)37-13-9-12-36(32-37)55(38-30-31-52-47(33-38)43-17-4-8-25-51(43)58-52)35-28-26-34(27-29-35)39-18-10-20-45-46-21-11-19-44-42-16-3-7-24-50(42)57(53(39)45)54(44)46/h1-33H. The highest BCUT2D eigenvalue weighted by molar-refractivity contribution is 7.25. The third kappa shape index (κ3) is 4.43. The molecule has 0 N–H and O–H groups in total. The van der Waals surface area contributed by atoms with Gasteiger partial charge in [-0.05, 0) is 78.4 Å². The van der Waals surface area contributed by atoms with Crippen LogP contribution >= 0.6 is 11.3 Å². The summed E-state index contributed by atoms with van der Waals surface area (Å²) in [6.45, 7) is 0. The number of fused-ring (bicyclic) bond motifs is 12. The first-order valence-corrected chi connectivity index (χ1v) is 20.7. The molecule has 13 aromatic rings. The van der Waals surface area contributed by atoms with Gasteiger partial charge in [-0.3, -0.25) is 0 Å². The number of hydrogen-bond acceptors (Lipinski definition) is 2. The van der Waals surface area contributed by atoms with E-state index in [9.17, 15) is 0 Å². The Balaban J connectivity index is 1.01. The second-order valence-electron chi connectivity index (χ2n) is 15.3. The second-order valence-corrected chi connectivity index (χ2v) is 16.4. The maximum absolute atomic E-state index is 2.49. The molecule has 3 nitrogen and oxygen atoms in total. The lowest BCUT2D eigenvalue weighted by Crippen LogP contribution is -2.10. The van der Waals surface area contributed by atoms with Gasteiger partial charge in [0.2, 0.25) is 0 Å². The Morgan fingerprint density at radius 2 is 0.879 bits per heavy atom. The van der Waals surface area contributed by atoms with Crippen molar-refractivity contribution in [3.8, 4) is 16.8 Å². The fourth-order valence-electron chi connectivity index (χ4n) is 9.77. The number of para-hydroxylation sites is 5. The molecule has 0 fully saturated rings. The van der Waals surface area contributed by atoms with Gasteiger partial charge in [-0.2, -0.15) is 0 Å². The molecular weight excluding hydrogens is 723 g/mol. The van der Waals surface area contributed by atoms with Crippen LogP contribution in [-0.2, 0) is 0 Å².